The van der Waals surface area contributed by atoms with E-state index in [0.29, 0.717) is 6.42 Å². The minimum Gasteiger partial charge on any atom is -0.460 e. The van der Waals surface area contributed by atoms with Gasteiger partial charge in [-0.15, -0.1) is 0 Å². The molecule has 4 nitrogen and oxygen atoms in total. The van der Waals surface area contributed by atoms with Crippen LogP contribution in [0.15, 0.2) is 12.2 Å². The Labute approximate surface area is 94.7 Å². The summed E-state index contributed by atoms with van der Waals surface area (Å²) in [5, 5.41) is 0. The first kappa shape index (κ1) is 12.6. The molecule has 4 heteroatoms. The minimum absolute atomic E-state index is 0.144. The smallest absolute Gasteiger partial charge is 0.375 e. The second-order valence-corrected chi connectivity index (χ2v) is 4.57. The quantitative estimate of drug-likeness (QED) is 0.411. The van der Waals surface area contributed by atoms with Crippen LogP contribution in [0.5, 0.6) is 0 Å². The lowest BCUT2D eigenvalue weighted by Crippen LogP contribution is -2.36. The van der Waals surface area contributed by atoms with Gasteiger partial charge in [0.05, 0.1) is 12.5 Å². The number of hydrogen-bond donors (Lipinski definition) is 0. The molecule has 0 bridgehead atoms. The first-order chi connectivity index (χ1) is 7.37. The fourth-order valence-electron chi connectivity index (χ4n) is 1.68. The van der Waals surface area contributed by atoms with Crippen molar-refractivity contribution in [2.75, 3.05) is 6.61 Å². The molecule has 0 aliphatic heterocycles. The summed E-state index contributed by atoms with van der Waals surface area (Å²) in [6.45, 7) is 5.60. The number of carbonyl (C=O) groups is 3. The Morgan fingerprint density at radius 3 is 2.69 bits per heavy atom. The number of Topliss-reactive ketones (excluding diaryl/α,β-unsaturated/α-hetero) is 1. The maximum atomic E-state index is 11.7. The first-order valence-corrected chi connectivity index (χ1v) is 5.31. The fraction of sp³-hybridized carbons (Fsp3) is 0.583. The van der Waals surface area contributed by atoms with Crippen LogP contribution in [-0.2, 0) is 19.1 Å². The molecule has 0 saturated heterocycles. The molecule has 1 atom stereocenters. The lowest BCUT2D eigenvalue weighted by atomic mass is 9.75. The third kappa shape index (κ3) is 2.78. The topological polar surface area (TPSA) is 60.4 Å². The highest BCUT2D eigenvalue weighted by atomic mass is 16.5. The number of ether oxygens (including phenoxy) is 1. The molecule has 1 rings (SSSR count). The molecule has 1 unspecified atom stereocenters. The minimum atomic E-state index is -0.910. The van der Waals surface area contributed by atoms with Crippen LogP contribution in [0.4, 0.5) is 0 Å². The van der Waals surface area contributed by atoms with Crippen molar-refractivity contribution in [1.29, 1.82) is 0 Å². The highest BCUT2D eigenvalue weighted by Gasteiger charge is 2.37. The van der Waals surface area contributed by atoms with E-state index in [2.05, 4.69) is 4.74 Å². The molecule has 16 heavy (non-hydrogen) atoms. The van der Waals surface area contributed by atoms with Crippen LogP contribution in [-0.4, -0.2) is 24.1 Å². The molecular weight excluding hydrogens is 208 g/mol. The highest BCUT2D eigenvalue weighted by Crippen LogP contribution is 2.32. The van der Waals surface area contributed by atoms with E-state index in [0.717, 1.165) is 0 Å². The lowest BCUT2D eigenvalue weighted by molar-refractivity contribution is -0.157. The summed E-state index contributed by atoms with van der Waals surface area (Å²) >= 11 is 0. The Bertz CT molecular complexity index is 352. The predicted octanol–water partition coefficient (Wildman–Crippen LogP) is 1.29. The van der Waals surface area contributed by atoms with Crippen LogP contribution in [0.1, 0.15) is 27.2 Å². The van der Waals surface area contributed by atoms with Crippen molar-refractivity contribution in [1.82, 2.24) is 0 Å². The van der Waals surface area contributed by atoms with Crippen LogP contribution < -0.4 is 0 Å². The Hall–Kier alpha value is -1.45. The fourth-order valence-corrected chi connectivity index (χ4v) is 1.68. The third-order valence-corrected chi connectivity index (χ3v) is 2.57. The zero-order chi connectivity index (χ0) is 12.3. The van der Waals surface area contributed by atoms with E-state index in [9.17, 15) is 14.4 Å². The molecule has 0 amide bonds. The molecule has 1 aliphatic carbocycles. The van der Waals surface area contributed by atoms with Crippen molar-refractivity contribution in [2.45, 2.75) is 27.2 Å². The predicted molar refractivity (Wildman–Crippen MR) is 57.7 cm³/mol. The van der Waals surface area contributed by atoms with Gasteiger partial charge >= 0.3 is 5.97 Å². The number of hydrogen-bond acceptors (Lipinski definition) is 4. The SMILES string of the molecule is CCOC(=O)C(=O)C1CC(C)(C)C=CC1=O. The summed E-state index contributed by atoms with van der Waals surface area (Å²) in [6.07, 6.45) is 3.51. The molecule has 0 aromatic rings. The molecule has 88 valence electrons. The van der Waals surface area contributed by atoms with Gasteiger partial charge in [-0.25, -0.2) is 4.79 Å². The van der Waals surface area contributed by atoms with Gasteiger partial charge in [0, 0.05) is 0 Å². The van der Waals surface area contributed by atoms with Crippen molar-refractivity contribution < 1.29 is 19.1 Å². The summed E-state index contributed by atoms with van der Waals surface area (Å²) < 4.78 is 4.61. The van der Waals surface area contributed by atoms with Crippen molar-refractivity contribution >= 4 is 17.5 Å². The van der Waals surface area contributed by atoms with E-state index in [-0.39, 0.29) is 17.8 Å². The van der Waals surface area contributed by atoms with Gasteiger partial charge < -0.3 is 4.74 Å². The maximum Gasteiger partial charge on any atom is 0.375 e. The van der Waals surface area contributed by atoms with E-state index in [1.165, 1.54) is 6.08 Å². The number of carbonyl (C=O) groups excluding carboxylic acids is 3. The molecule has 0 aromatic carbocycles. The normalized spacial score (nSPS) is 22.9. The van der Waals surface area contributed by atoms with Gasteiger partial charge in [-0.2, -0.15) is 0 Å². The first-order valence-electron chi connectivity index (χ1n) is 5.31. The van der Waals surface area contributed by atoms with Gasteiger partial charge in [0.1, 0.15) is 0 Å². The maximum absolute atomic E-state index is 11.7. The molecule has 0 spiro atoms. The summed E-state index contributed by atoms with van der Waals surface area (Å²) in [7, 11) is 0. The summed E-state index contributed by atoms with van der Waals surface area (Å²) in [4.78, 5) is 34.4. The zero-order valence-electron chi connectivity index (χ0n) is 9.78. The largest absolute Gasteiger partial charge is 0.460 e. The van der Waals surface area contributed by atoms with Crippen LogP contribution >= 0.6 is 0 Å². The highest BCUT2D eigenvalue weighted by molar-refractivity contribution is 6.39. The molecular formula is C12H16O4. The molecule has 0 radical (unpaired) electrons. The van der Waals surface area contributed by atoms with Crippen LogP contribution in [0, 0.1) is 11.3 Å². The van der Waals surface area contributed by atoms with E-state index in [1.54, 1.807) is 13.0 Å². The standard InChI is InChI=1S/C12H16O4/c1-4-16-11(15)10(14)8-7-12(2,3)6-5-9(8)13/h5-6,8H,4,7H2,1-3H3. The van der Waals surface area contributed by atoms with E-state index < -0.39 is 17.7 Å². The molecule has 0 heterocycles. The molecule has 0 fully saturated rings. The summed E-state index contributed by atoms with van der Waals surface area (Å²) in [6, 6.07) is 0. The van der Waals surface area contributed by atoms with Crippen molar-refractivity contribution in [3.8, 4) is 0 Å². The van der Waals surface area contributed by atoms with Gasteiger partial charge in [-0.05, 0) is 24.8 Å². The van der Waals surface area contributed by atoms with Crippen molar-refractivity contribution in [2.24, 2.45) is 11.3 Å². The number of rotatable bonds is 3. The Morgan fingerprint density at radius 2 is 2.12 bits per heavy atom. The molecule has 0 N–H and O–H groups in total. The van der Waals surface area contributed by atoms with E-state index in [4.69, 9.17) is 0 Å². The lowest BCUT2D eigenvalue weighted by Gasteiger charge is -2.27. The summed E-state index contributed by atoms with van der Waals surface area (Å²) in [5.74, 6) is -2.83. The van der Waals surface area contributed by atoms with Crippen molar-refractivity contribution in [3.63, 3.8) is 0 Å². The second-order valence-electron chi connectivity index (χ2n) is 4.57. The monoisotopic (exact) mass is 224 g/mol. The van der Waals surface area contributed by atoms with E-state index >= 15 is 0 Å². The van der Waals surface area contributed by atoms with Crippen LogP contribution in [0.3, 0.4) is 0 Å². The van der Waals surface area contributed by atoms with Crippen LogP contribution in [0.25, 0.3) is 0 Å². The van der Waals surface area contributed by atoms with Gasteiger partial charge in [-0.3, -0.25) is 9.59 Å². The number of ketones is 2. The average Bonchev–Trinajstić information content (AvgIpc) is 2.21. The van der Waals surface area contributed by atoms with Gasteiger partial charge in [0.25, 0.3) is 5.78 Å². The van der Waals surface area contributed by atoms with Gasteiger partial charge in [0.2, 0.25) is 0 Å². The van der Waals surface area contributed by atoms with Gasteiger partial charge in [0.15, 0.2) is 5.78 Å². The third-order valence-electron chi connectivity index (χ3n) is 2.57. The van der Waals surface area contributed by atoms with Crippen LogP contribution in [0.2, 0.25) is 0 Å². The zero-order valence-corrected chi connectivity index (χ0v) is 9.78. The Balaban J connectivity index is 2.81. The van der Waals surface area contributed by atoms with Gasteiger partial charge in [-0.1, -0.05) is 19.9 Å². The van der Waals surface area contributed by atoms with Crippen molar-refractivity contribution in [3.05, 3.63) is 12.2 Å². The molecule has 0 aromatic heterocycles. The Kier molecular flexibility index (Phi) is 3.62. The number of allylic oxidation sites excluding steroid dienone is 2. The number of esters is 1. The average molecular weight is 224 g/mol. The summed E-state index contributed by atoms with van der Waals surface area (Å²) in [5.41, 5.74) is -0.235. The molecule has 1 aliphatic rings. The van der Waals surface area contributed by atoms with E-state index in [1.807, 2.05) is 13.8 Å². The molecule has 0 saturated carbocycles. The Morgan fingerprint density at radius 1 is 1.50 bits per heavy atom. The second kappa shape index (κ2) is 4.60.